The van der Waals surface area contributed by atoms with E-state index in [4.69, 9.17) is 21.1 Å². The number of carbonyl (C=O) groups excluding carboxylic acids is 1. The van der Waals surface area contributed by atoms with Crippen LogP contribution >= 0.6 is 55.2 Å². The second-order valence-corrected chi connectivity index (χ2v) is 10.6. The largest absolute Gasteiger partial charge is 0.506 e. The molecule has 4 rings (SSSR count). The lowest BCUT2D eigenvalue weighted by Crippen LogP contribution is -2.12. The smallest absolute Gasteiger partial charge is 0.344 e. The van der Waals surface area contributed by atoms with Crippen molar-refractivity contribution in [2.45, 2.75) is 13.5 Å². The van der Waals surface area contributed by atoms with Gasteiger partial charge in [-0.25, -0.2) is 9.79 Å². The van der Waals surface area contributed by atoms with E-state index in [0.717, 1.165) is 11.1 Å². The maximum atomic E-state index is 12.6. The van der Waals surface area contributed by atoms with Gasteiger partial charge in [-0.1, -0.05) is 59.8 Å². The van der Waals surface area contributed by atoms with Gasteiger partial charge in [0.15, 0.2) is 0 Å². The summed E-state index contributed by atoms with van der Waals surface area (Å²) in [5.41, 5.74) is 2.37. The topological polar surface area (TPSA) is 68.1 Å². The summed E-state index contributed by atoms with van der Waals surface area (Å²) in [6.07, 6.45) is 1.78. The van der Waals surface area contributed by atoms with Crippen LogP contribution in [0.1, 0.15) is 18.1 Å². The molecule has 0 amide bonds. The third-order valence-corrected chi connectivity index (χ3v) is 7.57. The van der Waals surface area contributed by atoms with E-state index in [1.165, 1.54) is 11.8 Å². The molecule has 0 aromatic heterocycles. The number of ether oxygens (including phenoxy) is 2. The molecule has 1 aliphatic rings. The van der Waals surface area contributed by atoms with Gasteiger partial charge in [0, 0.05) is 10.6 Å². The van der Waals surface area contributed by atoms with E-state index in [0.29, 0.717) is 42.0 Å². The average molecular weight is 650 g/mol. The number of aliphatic hydroxyl groups is 1. The van der Waals surface area contributed by atoms with E-state index in [1.807, 2.05) is 66.7 Å². The Kier molecular flexibility index (Phi) is 8.95. The average Bonchev–Trinajstić information content (AvgIpc) is 3.14. The van der Waals surface area contributed by atoms with Crippen molar-refractivity contribution in [2.24, 2.45) is 4.99 Å². The highest BCUT2D eigenvalue weighted by Gasteiger charge is 2.33. The first-order valence-corrected chi connectivity index (χ1v) is 13.6. The van der Waals surface area contributed by atoms with Crippen LogP contribution in [0.25, 0.3) is 6.08 Å². The quantitative estimate of drug-likeness (QED) is 0.260. The Bertz CT molecular complexity index is 1370. The molecular formula is C27H20Br2ClNO4S. The van der Waals surface area contributed by atoms with Crippen LogP contribution in [0.3, 0.4) is 0 Å². The molecule has 0 fully saturated rings. The van der Waals surface area contributed by atoms with E-state index in [-0.39, 0.29) is 17.9 Å². The first kappa shape index (κ1) is 26.5. The summed E-state index contributed by atoms with van der Waals surface area (Å²) in [4.78, 5) is 17.7. The number of para-hydroxylation sites is 1. The summed E-state index contributed by atoms with van der Waals surface area (Å²) in [5, 5.41) is 11.9. The van der Waals surface area contributed by atoms with Crippen LogP contribution in [0, 0.1) is 0 Å². The van der Waals surface area contributed by atoms with E-state index < -0.39 is 5.97 Å². The maximum Gasteiger partial charge on any atom is 0.344 e. The highest BCUT2D eigenvalue weighted by molar-refractivity contribution is 9.11. The van der Waals surface area contributed by atoms with Crippen molar-refractivity contribution in [1.29, 1.82) is 0 Å². The maximum absolute atomic E-state index is 12.6. The van der Waals surface area contributed by atoms with E-state index >= 15 is 0 Å². The minimum atomic E-state index is -0.619. The van der Waals surface area contributed by atoms with Gasteiger partial charge >= 0.3 is 5.97 Å². The number of benzene rings is 3. The second kappa shape index (κ2) is 12.1. The normalized spacial score (nSPS) is 15.6. The van der Waals surface area contributed by atoms with Crippen molar-refractivity contribution < 1.29 is 19.4 Å². The van der Waals surface area contributed by atoms with Crippen LogP contribution in [-0.2, 0) is 16.1 Å². The zero-order chi connectivity index (χ0) is 25.7. The number of carbonyl (C=O) groups is 1. The Morgan fingerprint density at radius 1 is 1.08 bits per heavy atom. The SMILES string of the molecule is CCOC(=O)C1=C(O)/C(=C/c2cc(Br)c(OCc3ccccc3Cl)c(Br)c2)SC1=Nc1ccccc1. The molecule has 0 unspecified atom stereocenters. The number of thioether (sulfide) groups is 1. The van der Waals surface area contributed by atoms with Gasteiger partial charge in [-0.3, -0.25) is 0 Å². The molecule has 36 heavy (non-hydrogen) atoms. The van der Waals surface area contributed by atoms with Crippen molar-refractivity contribution in [3.05, 3.63) is 108 Å². The minimum Gasteiger partial charge on any atom is -0.506 e. The lowest BCUT2D eigenvalue weighted by molar-refractivity contribution is -0.138. The molecule has 3 aromatic rings. The zero-order valence-electron chi connectivity index (χ0n) is 19.0. The van der Waals surface area contributed by atoms with Gasteiger partial charge in [-0.15, -0.1) is 0 Å². The minimum absolute atomic E-state index is 0.0507. The highest BCUT2D eigenvalue weighted by Crippen LogP contribution is 2.42. The van der Waals surface area contributed by atoms with Crippen LogP contribution in [0.5, 0.6) is 5.75 Å². The fraction of sp³-hybridized carbons (Fsp3) is 0.111. The molecule has 3 aromatic carbocycles. The Labute approximate surface area is 235 Å². The van der Waals surface area contributed by atoms with Crippen molar-refractivity contribution >= 4 is 78.0 Å². The monoisotopic (exact) mass is 647 g/mol. The van der Waals surface area contributed by atoms with E-state index in [9.17, 15) is 9.90 Å². The fourth-order valence-electron chi connectivity index (χ4n) is 3.33. The zero-order valence-corrected chi connectivity index (χ0v) is 23.7. The number of rotatable bonds is 7. The number of hydrogen-bond donors (Lipinski definition) is 1. The van der Waals surface area contributed by atoms with Gasteiger partial charge in [-0.05, 0) is 80.8 Å². The summed E-state index contributed by atoms with van der Waals surface area (Å²) >= 11 is 14.6. The van der Waals surface area contributed by atoms with Crippen LogP contribution < -0.4 is 4.74 Å². The van der Waals surface area contributed by atoms with Gasteiger partial charge in [-0.2, -0.15) is 0 Å². The van der Waals surface area contributed by atoms with Crippen molar-refractivity contribution in [3.8, 4) is 5.75 Å². The number of nitrogens with zero attached hydrogens (tertiary/aromatic N) is 1. The molecule has 184 valence electrons. The predicted molar refractivity (Wildman–Crippen MR) is 153 cm³/mol. The first-order valence-electron chi connectivity index (χ1n) is 10.9. The molecule has 0 spiro atoms. The number of aliphatic imine (C=N–C) groups is 1. The molecule has 0 atom stereocenters. The fourth-order valence-corrected chi connectivity index (χ4v) is 6.01. The first-order chi connectivity index (χ1) is 17.4. The Morgan fingerprint density at radius 3 is 2.42 bits per heavy atom. The number of halogens is 3. The molecule has 0 radical (unpaired) electrons. The highest BCUT2D eigenvalue weighted by atomic mass is 79.9. The molecule has 1 heterocycles. The van der Waals surface area contributed by atoms with E-state index in [2.05, 4.69) is 36.9 Å². The van der Waals surface area contributed by atoms with Crippen LogP contribution in [0.4, 0.5) is 5.69 Å². The van der Waals surface area contributed by atoms with Crippen molar-refractivity contribution in [2.75, 3.05) is 6.61 Å². The number of aliphatic hydroxyl groups excluding tert-OH is 1. The molecule has 5 nitrogen and oxygen atoms in total. The Hall–Kier alpha value is -2.52. The van der Waals surface area contributed by atoms with Crippen LogP contribution in [0.2, 0.25) is 5.02 Å². The predicted octanol–water partition coefficient (Wildman–Crippen LogP) is 8.64. The molecule has 1 N–H and O–H groups in total. The van der Waals surface area contributed by atoms with Crippen LogP contribution in [-0.4, -0.2) is 22.7 Å². The van der Waals surface area contributed by atoms with Gasteiger partial charge in [0.25, 0.3) is 0 Å². The van der Waals surface area contributed by atoms with Gasteiger partial charge in [0.05, 0.1) is 26.1 Å². The second-order valence-electron chi connectivity index (χ2n) is 7.50. The van der Waals surface area contributed by atoms with Crippen LogP contribution in [0.15, 0.2) is 96.9 Å². The standard InChI is InChI=1S/C27H20Br2ClNO4S/c1-2-34-27(33)23-24(32)22(36-26(23)31-18-9-4-3-5-10-18)14-16-12-19(28)25(20(29)13-16)35-15-17-8-6-7-11-21(17)30/h3-14,32H,2,15H2,1H3/b22-14-,31-26?. The molecule has 9 heteroatoms. The lowest BCUT2D eigenvalue weighted by atomic mass is 10.1. The van der Waals surface area contributed by atoms with Crippen molar-refractivity contribution in [1.82, 2.24) is 0 Å². The summed E-state index contributed by atoms with van der Waals surface area (Å²) in [6, 6.07) is 20.5. The third-order valence-electron chi connectivity index (χ3n) is 5.01. The van der Waals surface area contributed by atoms with Crippen molar-refractivity contribution in [3.63, 3.8) is 0 Å². The third kappa shape index (κ3) is 6.24. The molecule has 0 bridgehead atoms. The summed E-state index contributed by atoms with van der Waals surface area (Å²) < 4.78 is 12.6. The molecule has 1 aliphatic heterocycles. The Balaban J connectivity index is 1.64. The van der Waals surface area contributed by atoms with E-state index in [1.54, 1.807) is 13.0 Å². The summed E-state index contributed by atoms with van der Waals surface area (Å²) in [7, 11) is 0. The van der Waals surface area contributed by atoms with Gasteiger partial charge in [0.1, 0.15) is 28.7 Å². The molecule has 0 saturated carbocycles. The summed E-state index contributed by atoms with van der Waals surface area (Å²) in [5.74, 6) is -0.167. The number of hydrogen-bond acceptors (Lipinski definition) is 6. The van der Waals surface area contributed by atoms with Gasteiger partial charge < -0.3 is 14.6 Å². The Morgan fingerprint density at radius 2 is 1.75 bits per heavy atom. The molecule has 0 saturated heterocycles. The molecule has 0 aliphatic carbocycles. The van der Waals surface area contributed by atoms with Gasteiger partial charge in [0.2, 0.25) is 0 Å². The molecular weight excluding hydrogens is 630 g/mol. The summed E-state index contributed by atoms with van der Waals surface area (Å²) in [6.45, 7) is 2.21. The lowest BCUT2D eigenvalue weighted by Gasteiger charge is -2.12. The number of esters is 1.